The molecule has 1 aromatic carbocycles. The minimum atomic E-state index is -0.308. The predicted octanol–water partition coefficient (Wildman–Crippen LogP) is -2.63. The van der Waals surface area contributed by atoms with Crippen LogP contribution in [0.2, 0.25) is 13.1 Å². The van der Waals surface area contributed by atoms with Crippen molar-refractivity contribution in [1.82, 2.24) is 0 Å². The first-order valence-electron chi connectivity index (χ1n) is 4.49. The van der Waals surface area contributed by atoms with E-state index in [9.17, 15) is 0 Å². The van der Waals surface area contributed by atoms with Crippen LogP contribution in [0.15, 0.2) is 30.3 Å². The van der Waals surface area contributed by atoms with Crippen molar-refractivity contribution in [3.63, 3.8) is 0 Å². The molecule has 0 aliphatic rings. The van der Waals surface area contributed by atoms with E-state index in [4.69, 9.17) is 5.73 Å². The van der Waals surface area contributed by atoms with Crippen molar-refractivity contribution in [2.45, 2.75) is 32.5 Å². The third-order valence-corrected chi connectivity index (χ3v) is 2.50. The fourth-order valence-corrected chi connectivity index (χ4v) is 2.49. The van der Waals surface area contributed by atoms with Gasteiger partial charge in [-0.1, -0.05) is 26.9 Å². The molecule has 0 radical (unpaired) electrons. The zero-order chi connectivity index (χ0) is 10.3. The first-order valence-corrected chi connectivity index (χ1v) is 7.07. The van der Waals surface area contributed by atoms with Crippen LogP contribution in [0, 0.1) is 0 Å². The van der Waals surface area contributed by atoms with Gasteiger partial charge in [0.2, 0.25) is 0 Å². The average molecular weight is 312 g/mol. The first-order chi connectivity index (χ1) is 5.92. The van der Waals surface area contributed by atoms with Crippen LogP contribution in [-0.4, -0.2) is 19.6 Å². The quantitative estimate of drug-likeness (QED) is 0.400. The molecule has 0 unspecified atom stereocenters. The van der Waals surface area contributed by atoms with Crippen LogP contribution in [-0.2, 0) is 21.7 Å². The Morgan fingerprint density at radius 2 is 1.50 bits per heavy atom. The molecule has 0 fully saturated rings. The van der Waals surface area contributed by atoms with Gasteiger partial charge in [0.05, 0.1) is 0 Å². The number of hydrogen-bond donors (Lipinski definition) is 0. The summed E-state index contributed by atoms with van der Waals surface area (Å²) in [5, 5.41) is 0. The Bertz CT molecular complexity index is 222. The summed E-state index contributed by atoms with van der Waals surface area (Å²) in [6.45, 7) is 8.23. The van der Waals surface area contributed by atoms with Crippen LogP contribution in [0.3, 0.4) is 0 Å². The topological polar surface area (TPSA) is 23.8 Å². The van der Waals surface area contributed by atoms with Crippen LogP contribution >= 0.6 is 0 Å². The molecule has 16 heavy (non-hydrogen) atoms. The summed E-state index contributed by atoms with van der Waals surface area (Å²) in [4.78, 5) is 0. The van der Waals surface area contributed by atoms with Gasteiger partial charge in [-0.05, 0) is 8.41 Å². The van der Waals surface area contributed by atoms with Gasteiger partial charge in [-0.2, -0.15) is 18.2 Å². The van der Waals surface area contributed by atoms with Gasteiger partial charge in [0.25, 0.3) is 0 Å². The van der Waals surface area contributed by atoms with E-state index in [1.165, 1.54) is 0 Å². The molecule has 1 nitrogen and oxygen atoms in total. The molecule has 0 aliphatic carbocycles. The Morgan fingerprint density at radius 3 is 1.56 bits per heavy atom. The Hall–Kier alpha value is 0.691. The van der Waals surface area contributed by atoms with E-state index in [-0.39, 0.29) is 60.5 Å². The Labute approximate surface area is 128 Å². The standard InChI is InChI=1S/C6H14NSi.C5H5.2ClH.Ti/c1-6(2,7)5-8(3)4;1-2-4-5-3-1;;;/h5,7H,1-4H3;1-5H;2*1H;/q2*-1;;;+4/p-2. The SMILES string of the molecule is C[Si](C)=CC(C)(C)[NH-].[Cl-].[Cl-].[Ti+4].c1cc[cH-]c1. The predicted molar refractivity (Wildman–Crippen MR) is 64.0 cm³/mol. The third kappa shape index (κ3) is 24.1. The minimum absolute atomic E-state index is 0. The molecule has 1 aromatic rings. The van der Waals surface area contributed by atoms with Crippen molar-refractivity contribution in [2.75, 3.05) is 0 Å². The van der Waals surface area contributed by atoms with E-state index in [0.29, 0.717) is 0 Å². The van der Waals surface area contributed by atoms with Crippen molar-refractivity contribution in [2.24, 2.45) is 0 Å². The fraction of sp³-hybridized carbons (Fsp3) is 0.455. The van der Waals surface area contributed by atoms with Gasteiger partial charge < -0.3 is 30.5 Å². The molecule has 0 atom stereocenters. The fourth-order valence-electron chi connectivity index (χ4n) is 1.04. The van der Waals surface area contributed by atoms with Crippen LogP contribution in [0.4, 0.5) is 0 Å². The molecule has 0 amide bonds. The van der Waals surface area contributed by atoms with E-state index in [2.05, 4.69) is 18.8 Å². The molecule has 1 rings (SSSR count). The molecule has 0 bridgehead atoms. The monoisotopic (exact) mass is 311 g/mol. The molecule has 0 aliphatic heterocycles. The average Bonchev–Trinajstić information content (AvgIpc) is 2.33. The Balaban J connectivity index is -0.0000000798. The summed E-state index contributed by atoms with van der Waals surface area (Å²) < 4.78 is 0. The number of rotatable bonds is 1. The third-order valence-electron chi connectivity index (χ3n) is 1.21. The van der Waals surface area contributed by atoms with Crippen LogP contribution in [0.25, 0.3) is 5.73 Å². The molecular weight excluding hydrogens is 293 g/mol. The molecule has 1 N–H and O–H groups in total. The van der Waals surface area contributed by atoms with Gasteiger partial charge in [0, 0.05) is 0 Å². The summed E-state index contributed by atoms with van der Waals surface area (Å²) in [7, 11) is -0.305. The Kier molecular flexibility index (Phi) is 21.9. The van der Waals surface area contributed by atoms with E-state index in [0.717, 1.165) is 0 Å². The number of hydrogen-bond acceptors (Lipinski definition) is 0. The van der Waals surface area contributed by atoms with Gasteiger partial charge in [0.1, 0.15) is 0 Å². The largest absolute Gasteiger partial charge is 4.00 e. The summed E-state index contributed by atoms with van der Waals surface area (Å²) in [5.41, 5.74) is 9.25. The molecule has 90 valence electrons. The summed E-state index contributed by atoms with van der Waals surface area (Å²) in [5.74, 6) is 0. The molecular formula is C11H19Cl2NSiTi. The molecule has 0 saturated heterocycles. The smallest absolute Gasteiger partial charge is 1.00 e. The zero-order valence-corrected chi connectivity index (χ0v) is 14.3. The maximum Gasteiger partial charge on any atom is 4.00 e. The molecule has 0 spiro atoms. The summed E-state index contributed by atoms with van der Waals surface area (Å²) >= 11 is 0. The summed E-state index contributed by atoms with van der Waals surface area (Å²) in [6, 6.07) is 10.0. The van der Waals surface area contributed by atoms with Gasteiger partial charge in [-0.3, -0.25) is 0 Å². The second-order valence-corrected chi connectivity index (χ2v) is 6.35. The van der Waals surface area contributed by atoms with Gasteiger partial charge in [0.15, 0.2) is 0 Å². The van der Waals surface area contributed by atoms with Crippen LogP contribution in [0.5, 0.6) is 0 Å². The van der Waals surface area contributed by atoms with E-state index < -0.39 is 0 Å². The van der Waals surface area contributed by atoms with E-state index in [1.54, 1.807) is 0 Å². The van der Waals surface area contributed by atoms with Gasteiger partial charge >= 0.3 is 21.7 Å². The molecule has 5 heteroatoms. The normalized spacial score (nSPS) is 8.06. The van der Waals surface area contributed by atoms with Crippen molar-refractivity contribution in [3.8, 4) is 0 Å². The second kappa shape index (κ2) is 13.8. The second-order valence-electron chi connectivity index (χ2n) is 3.91. The van der Waals surface area contributed by atoms with Crippen LogP contribution in [0.1, 0.15) is 13.8 Å². The van der Waals surface area contributed by atoms with Crippen molar-refractivity contribution in [3.05, 3.63) is 36.1 Å². The van der Waals surface area contributed by atoms with Crippen LogP contribution < -0.4 is 24.8 Å². The van der Waals surface area contributed by atoms with Gasteiger partial charge in [-0.15, -0.1) is 11.2 Å². The number of nitrogens with one attached hydrogen (secondary N) is 1. The van der Waals surface area contributed by atoms with Crippen molar-refractivity contribution >= 4 is 14.1 Å². The summed E-state index contributed by atoms with van der Waals surface area (Å²) in [6.07, 6.45) is 0. The molecule has 0 aromatic heterocycles. The zero-order valence-electron chi connectivity index (χ0n) is 10.2. The van der Waals surface area contributed by atoms with Crippen molar-refractivity contribution < 1.29 is 46.5 Å². The molecule has 0 saturated carbocycles. The minimum Gasteiger partial charge on any atom is -1.00 e. The maximum absolute atomic E-state index is 7.43. The van der Waals surface area contributed by atoms with E-state index >= 15 is 0 Å². The maximum atomic E-state index is 7.43. The van der Waals surface area contributed by atoms with Gasteiger partial charge in [-0.25, -0.2) is 12.1 Å². The van der Waals surface area contributed by atoms with Crippen molar-refractivity contribution in [1.29, 1.82) is 0 Å². The molecule has 0 heterocycles. The van der Waals surface area contributed by atoms with E-state index in [1.807, 2.05) is 44.2 Å². The Morgan fingerprint density at radius 1 is 1.12 bits per heavy atom. The number of halogens is 2. The first kappa shape index (κ1) is 25.5.